The molecule has 5 aromatic rings. The number of benzene rings is 2. The van der Waals surface area contributed by atoms with Gasteiger partial charge in [-0.15, -0.1) is 0 Å². The first-order chi connectivity index (χ1) is 29.6. The number of carbonyl (C=O) groups excluding carboxylic acids is 4. The average Bonchev–Trinajstić information content (AvgIpc) is 3.83. The van der Waals surface area contributed by atoms with Crippen LogP contribution in [0.25, 0.3) is 33.3 Å². The van der Waals surface area contributed by atoms with E-state index in [1.165, 1.54) is 0 Å². The monoisotopic (exact) mass is 823 g/mol. The van der Waals surface area contributed by atoms with Crippen LogP contribution in [-0.2, 0) is 34.0 Å². The molecule has 3 aromatic heterocycles. The molecule has 4 amide bonds. The standard InChI is InChI=1S/C45H46N8O5.C2H7N/c1-28(2)49-43(55)29(3)53-25-37-30(9-6-12-35(37)45(53)57)8-4-5-17-46-44(56)38-14-13-33(23-47-38)39-22-32-10-7-11-34(36(32)24-48-39)41-40-26-51(27-54)18-19-52(40)42(50-41)31-15-20-58-21-16-31;1-3-2/h6-7,9-14,22-24,27-29,31H,5,15-21,25-26H2,1-3H3,(H,46,56)(H,49,55);3H,1-2H3. The Kier molecular flexibility index (Phi) is 13.5. The predicted molar refractivity (Wildman–Crippen MR) is 233 cm³/mol. The fourth-order valence-corrected chi connectivity index (χ4v) is 8.02. The average molecular weight is 824 g/mol. The van der Waals surface area contributed by atoms with Gasteiger partial charge in [0.25, 0.3) is 11.8 Å². The van der Waals surface area contributed by atoms with Gasteiger partial charge in [0.2, 0.25) is 12.3 Å². The molecule has 3 aliphatic rings. The highest BCUT2D eigenvalue weighted by Crippen LogP contribution is 2.37. The molecule has 6 heterocycles. The summed E-state index contributed by atoms with van der Waals surface area (Å²) in [6, 6.07) is 16.5. The summed E-state index contributed by atoms with van der Waals surface area (Å²) in [7, 11) is 3.75. The van der Waals surface area contributed by atoms with E-state index in [1.54, 1.807) is 41.1 Å². The number of hydrogen-bond acceptors (Lipinski definition) is 9. The van der Waals surface area contributed by atoms with Gasteiger partial charge in [0.1, 0.15) is 17.6 Å². The fraction of sp³-hybridized carbons (Fsp3) is 0.383. The van der Waals surface area contributed by atoms with Gasteiger partial charge in [0, 0.05) is 97.8 Å². The minimum atomic E-state index is -0.605. The zero-order chi connectivity index (χ0) is 43.0. The summed E-state index contributed by atoms with van der Waals surface area (Å²) in [5, 5.41) is 10.5. The number of amides is 4. The van der Waals surface area contributed by atoms with Crippen LogP contribution in [-0.4, -0.2) is 106 Å². The molecule has 3 aliphatic heterocycles. The van der Waals surface area contributed by atoms with Gasteiger partial charge in [-0.2, -0.15) is 0 Å². The van der Waals surface area contributed by atoms with E-state index in [4.69, 9.17) is 14.7 Å². The maximum atomic E-state index is 13.1. The van der Waals surface area contributed by atoms with E-state index in [2.05, 4.69) is 49.5 Å². The molecular weight excluding hydrogens is 771 g/mol. The Balaban J connectivity index is 0.00000182. The number of ether oxygens (including phenoxy) is 1. The van der Waals surface area contributed by atoms with Crippen LogP contribution in [0, 0.1) is 11.8 Å². The maximum Gasteiger partial charge on any atom is 0.269 e. The van der Waals surface area contributed by atoms with Crippen molar-refractivity contribution in [1.82, 2.24) is 45.3 Å². The summed E-state index contributed by atoms with van der Waals surface area (Å²) in [4.78, 5) is 68.4. The van der Waals surface area contributed by atoms with Crippen molar-refractivity contribution in [3.8, 4) is 34.4 Å². The second kappa shape index (κ2) is 19.3. The fourth-order valence-electron chi connectivity index (χ4n) is 8.02. The molecule has 0 radical (unpaired) electrons. The van der Waals surface area contributed by atoms with Crippen LogP contribution in [0.3, 0.4) is 0 Å². The number of hydrogen-bond donors (Lipinski definition) is 3. The number of aromatic nitrogens is 4. The Bertz CT molecular complexity index is 2480. The molecule has 14 heteroatoms. The highest BCUT2D eigenvalue weighted by atomic mass is 16.5. The van der Waals surface area contributed by atoms with Crippen LogP contribution in [0.15, 0.2) is 67.0 Å². The molecule has 3 N–H and O–H groups in total. The normalized spacial score (nSPS) is 15.3. The van der Waals surface area contributed by atoms with E-state index in [0.29, 0.717) is 44.1 Å². The van der Waals surface area contributed by atoms with Gasteiger partial charge in [-0.3, -0.25) is 29.1 Å². The number of carbonyl (C=O) groups is 4. The lowest BCUT2D eigenvalue weighted by molar-refractivity contribution is -0.125. The number of pyridine rings is 2. The first kappa shape index (κ1) is 42.7. The summed E-state index contributed by atoms with van der Waals surface area (Å²) >= 11 is 0. The number of imidazole rings is 1. The van der Waals surface area contributed by atoms with Gasteiger partial charge < -0.3 is 35.1 Å². The van der Waals surface area contributed by atoms with Gasteiger partial charge >= 0.3 is 0 Å². The third kappa shape index (κ3) is 9.33. The summed E-state index contributed by atoms with van der Waals surface area (Å²) in [5.74, 6) is 6.98. The third-order valence-electron chi connectivity index (χ3n) is 11.1. The van der Waals surface area contributed by atoms with Gasteiger partial charge in [-0.05, 0) is 89.0 Å². The topological polar surface area (TPSA) is 164 Å². The second-order valence-electron chi connectivity index (χ2n) is 15.8. The van der Waals surface area contributed by atoms with Crippen molar-refractivity contribution in [2.45, 2.75) is 77.7 Å². The molecule has 1 fully saturated rings. The van der Waals surface area contributed by atoms with E-state index < -0.39 is 6.04 Å². The van der Waals surface area contributed by atoms with E-state index in [1.807, 2.05) is 58.4 Å². The number of nitrogens with zero attached hydrogens (tertiary/aromatic N) is 6. The SMILES string of the molecule is CC(C)NC(=O)C(C)N1Cc2c(C#CCCNC(=O)c3ccc(-c4cc5cccc(-c6nc(C7CCOCC7)n7c6CN(C=O)CC7)c5cn4)cn3)cccc2C1=O.CNC. The van der Waals surface area contributed by atoms with Crippen LogP contribution >= 0.6 is 0 Å². The van der Waals surface area contributed by atoms with Gasteiger partial charge in [-0.25, -0.2) is 4.98 Å². The van der Waals surface area contributed by atoms with Crippen molar-refractivity contribution in [3.63, 3.8) is 0 Å². The zero-order valence-electron chi connectivity index (χ0n) is 35.5. The summed E-state index contributed by atoms with van der Waals surface area (Å²) in [6.07, 6.45) is 6.70. The molecule has 1 saturated heterocycles. The van der Waals surface area contributed by atoms with Crippen molar-refractivity contribution in [2.24, 2.45) is 0 Å². The van der Waals surface area contributed by atoms with Crippen LogP contribution in [0.4, 0.5) is 0 Å². The number of nitrogens with one attached hydrogen (secondary N) is 3. The summed E-state index contributed by atoms with van der Waals surface area (Å²) in [5.41, 5.74) is 6.81. The number of rotatable bonds is 10. The van der Waals surface area contributed by atoms with Crippen molar-refractivity contribution in [2.75, 3.05) is 40.4 Å². The highest BCUT2D eigenvalue weighted by Gasteiger charge is 2.35. The molecule has 61 heavy (non-hydrogen) atoms. The van der Waals surface area contributed by atoms with E-state index in [0.717, 1.165) is 94.9 Å². The molecule has 1 unspecified atom stereocenters. The smallest absolute Gasteiger partial charge is 0.269 e. The first-order valence-electron chi connectivity index (χ1n) is 20.9. The first-order valence-corrected chi connectivity index (χ1v) is 20.9. The molecule has 0 aliphatic carbocycles. The minimum Gasteiger partial charge on any atom is -0.381 e. The number of fused-ring (bicyclic) bond motifs is 3. The lowest BCUT2D eigenvalue weighted by Crippen LogP contribution is -2.47. The lowest BCUT2D eigenvalue weighted by atomic mass is 9.99. The molecule has 0 bridgehead atoms. The molecule has 8 rings (SSSR count). The van der Waals surface area contributed by atoms with E-state index >= 15 is 0 Å². The quantitative estimate of drug-likeness (QED) is 0.101. The Morgan fingerprint density at radius 3 is 2.48 bits per heavy atom. The Morgan fingerprint density at radius 2 is 1.74 bits per heavy atom. The summed E-state index contributed by atoms with van der Waals surface area (Å²) < 4.78 is 7.95. The van der Waals surface area contributed by atoms with Crippen LogP contribution < -0.4 is 16.0 Å². The maximum absolute atomic E-state index is 13.1. The second-order valence-corrected chi connectivity index (χ2v) is 15.8. The Labute approximate surface area is 356 Å². The van der Waals surface area contributed by atoms with Gasteiger partial charge in [0.05, 0.1) is 23.6 Å². The lowest BCUT2D eigenvalue weighted by Gasteiger charge is -2.28. The molecule has 0 spiro atoms. The third-order valence-corrected chi connectivity index (χ3v) is 11.1. The van der Waals surface area contributed by atoms with Crippen molar-refractivity contribution < 1.29 is 23.9 Å². The van der Waals surface area contributed by atoms with Crippen molar-refractivity contribution >= 4 is 34.9 Å². The minimum absolute atomic E-state index is 0.0219. The highest BCUT2D eigenvalue weighted by molar-refractivity contribution is 6.02. The van der Waals surface area contributed by atoms with E-state index in [9.17, 15) is 19.2 Å². The molecule has 1 atom stereocenters. The molecule has 316 valence electrons. The largest absolute Gasteiger partial charge is 0.381 e. The molecule has 14 nitrogen and oxygen atoms in total. The Hall–Kier alpha value is -6.43. The van der Waals surface area contributed by atoms with Crippen molar-refractivity contribution in [1.29, 1.82) is 0 Å². The Morgan fingerprint density at radius 1 is 0.967 bits per heavy atom. The van der Waals surface area contributed by atoms with Crippen LogP contribution in [0.2, 0.25) is 0 Å². The predicted octanol–water partition coefficient (Wildman–Crippen LogP) is 4.90. The van der Waals surface area contributed by atoms with Gasteiger partial charge in [0.15, 0.2) is 0 Å². The van der Waals surface area contributed by atoms with Crippen LogP contribution in [0.1, 0.15) is 89.4 Å². The zero-order valence-corrected chi connectivity index (χ0v) is 35.5. The van der Waals surface area contributed by atoms with Gasteiger partial charge in [-0.1, -0.05) is 36.1 Å². The molecule has 0 saturated carbocycles. The van der Waals surface area contributed by atoms with Crippen molar-refractivity contribution in [3.05, 3.63) is 101 Å². The molecule has 2 aromatic carbocycles. The molecular formula is C47H53N9O5. The summed E-state index contributed by atoms with van der Waals surface area (Å²) in [6.45, 7) is 9.48. The van der Waals surface area contributed by atoms with E-state index in [-0.39, 0.29) is 29.5 Å². The van der Waals surface area contributed by atoms with Crippen LogP contribution in [0.5, 0.6) is 0 Å².